The predicted octanol–water partition coefficient (Wildman–Crippen LogP) is 3.74. The smallest absolute Gasteiger partial charge is 0.0414 e. The fraction of sp³-hybridized carbons (Fsp3) is 0.647. The second-order valence-corrected chi connectivity index (χ2v) is 5.54. The summed E-state index contributed by atoms with van der Waals surface area (Å²) in [7, 11) is 0. The molecule has 106 valence electrons. The average molecular weight is 260 g/mol. The summed E-state index contributed by atoms with van der Waals surface area (Å²) < 4.78 is 0. The van der Waals surface area contributed by atoms with Crippen molar-refractivity contribution < 1.29 is 0 Å². The van der Waals surface area contributed by atoms with Crippen LogP contribution in [0.15, 0.2) is 18.2 Å². The van der Waals surface area contributed by atoms with Gasteiger partial charge in [-0.25, -0.2) is 0 Å². The van der Waals surface area contributed by atoms with Gasteiger partial charge in [0.15, 0.2) is 0 Å². The van der Waals surface area contributed by atoms with Gasteiger partial charge in [-0.1, -0.05) is 38.8 Å². The first-order valence-corrected chi connectivity index (χ1v) is 7.93. The maximum absolute atomic E-state index is 3.52. The Balaban J connectivity index is 2.19. The van der Waals surface area contributed by atoms with Crippen molar-refractivity contribution in [3.63, 3.8) is 0 Å². The van der Waals surface area contributed by atoms with Gasteiger partial charge in [0, 0.05) is 25.3 Å². The van der Waals surface area contributed by atoms with Gasteiger partial charge < -0.3 is 10.2 Å². The van der Waals surface area contributed by atoms with E-state index >= 15 is 0 Å². The highest BCUT2D eigenvalue weighted by molar-refractivity contribution is 5.57. The van der Waals surface area contributed by atoms with E-state index < -0.39 is 0 Å². The molecule has 0 atom stereocenters. The Kier molecular flexibility index (Phi) is 5.71. The molecule has 1 heterocycles. The summed E-state index contributed by atoms with van der Waals surface area (Å²) >= 11 is 0. The third-order valence-electron chi connectivity index (χ3n) is 4.03. The Morgan fingerprint density at radius 2 is 1.84 bits per heavy atom. The monoisotopic (exact) mass is 260 g/mol. The number of nitrogens with zero attached hydrogens (tertiary/aromatic N) is 1. The Hall–Kier alpha value is -1.02. The number of anilines is 1. The Morgan fingerprint density at radius 1 is 1.11 bits per heavy atom. The summed E-state index contributed by atoms with van der Waals surface area (Å²) in [5.41, 5.74) is 4.57. The van der Waals surface area contributed by atoms with Crippen molar-refractivity contribution in [2.75, 3.05) is 24.5 Å². The summed E-state index contributed by atoms with van der Waals surface area (Å²) in [4.78, 5) is 2.61. The van der Waals surface area contributed by atoms with Gasteiger partial charge in [0.1, 0.15) is 0 Å². The lowest BCUT2D eigenvalue weighted by Gasteiger charge is -2.30. The van der Waals surface area contributed by atoms with Gasteiger partial charge in [-0.05, 0) is 43.0 Å². The highest BCUT2D eigenvalue weighted by Crippen LogP contribution is 2.27. The van der Waals surface area contributed by atoms with Crippen LogP contribution >= 0.6 is 0 Å². The minimum absolute atomic E-state index is 1.04. The third-order valence-corrected chi connectivity index (χ3v) is 4.03. The molecule has 0 unspecified atom stereocenters. The first-order valence-electron chi connectivity index (χ1n) is 7.93. The number of fused-ring (bicyclic) bond motifs is 1. The highest BCUT2D eigenvalue weighted by Gasteiger charge is 2.16. The molecular formula is C17H28N2. The molecule has 2 nitrogen and oxygen atoms in total. The SMILES string of the molecule is CCCCN(CCCC)c1cccc2c1CNCC2. The number of unbranched alkanes of at least 4 members (excludes halogenated alkanes) is 2. The van der Waals surface area contributed by atoms with Crippen LogP contribution in [0.2, 0.25) is 0 Å². The van der Waals surface area contributed by atoms with Crippen molar-refractivity contribution in [1.82, 2.24) is 5.32 Å². The van der Waals surface area contributed by atoms with Crippen LogP contribution in [0.4, 0.5) is 5.69 Å². The van der Waals surface area contributed by atoms with Gasteiger partial charge in [0.2, 0.25) is 0 Å². The van der Waals surface area contributed by atoms with E-state index in [1.54, 1.807) is 11.1 Å². The van der Waals surface area contributed by atoms with Gasteiger partial charge in [-0.2, -0.15) is 0 Å². The average Bonchev–Trinajstić information content (AvgIpc) is 2.47. The maximum Gasteiger partial charge on any atom is 0.0414 e. The number of benzene rings is 1. The molecule has 0 saturated heterocycles. The number of rotatable bonds is 7. The molecular weight excluding hydrogens is 232 g/mol. The number of nitrogens with one attached hydrogen (secondary N) is 1. The van der Waals surface area contributed by atoms with Crippen molar-refractivity contribution in [3.8, 4) is 0 Å². The highest BCUT2D eigenvalue weighted by atomic mass is 15.1. The van der Waals surface area contributed by atoms with Crippen molar-refractivity contribution in [2.24, 2.45) is 0 Å². The molecule has 19 heavy (non-hydrogen) atoms. The molecule has 2 rings (SSSR count). The van der Waals surface area contributed by atoms with Crippen LogP contribution in [-0.4, -0.2) is 19.6 Å². The predicted molar refractivity (Wildman–Crippen MR) is 83.9 cm³/mol. The van der Waals surface area contributed by atoms with E-state index in [9.17, 15) is 0 Å². The molecule has 1 aromatic carbocycles. The quantitative estimate of drug-likeness (QED) is 0.803. The molecule has 2 heteroatoms. The van der Waals surface area contributed by atoms with E-state index in [1.165, 1.54) is 50.9 Å². The molecule has 0 saturated carbocycles. The van der Waals surface area contributed by atoms with Crippen LogP contribution in [0, 0.1) is 0 Å². The molecule has 0 amide bonds. The van der Waals surface area contributed by atoms with Gasteiger partial charge >= 0.3 is 0 Å². The second-order valence-electron chi connectivity index (χ2n) is 5.54. The summed E-state index contributed by atoms with van der Waals surface area (Å²) in [6.45, 7) is 9.13. The van der Waals surface area contributed by atoms with Crippen molar-refractivity contribution in [3.05, 3.63) is 29.3 Å². The van der Waals surface area contributed by atoms with Crippen LogP contribution in [-0.2, 0) is 13.0 Å². The van der Waals surface area contributed by atoms with Crippen molar-refractivity contribution >= 4 is 5.69 Å². The minimum atomic E-state index is 1.04. The van der Waals surface area contributed by atoms with Crippen LogP contribution < -0.4 is 10.2 Å². The Labute approximate surface area is 118 Å². The van der Waals surface area contributed by atoms with E-state index in [-0.39, 0.29) is 0 Å². The van der Waals surface area contributed by atoms with Crippen LogP contribution in [0.1, 0.15) is 50.7 Å². The van der Waals surface area contributed by atoms with E-state index in [0.29, 0.717) is 0 Å². The summed E-state index contributed by atoms with van der Waals surface area (Å²) in [6, 6.07) is 6.86. The van der Waals surface area contributed by atoms with Crippen LogP contribution in [0.3, 0.4) is 0 Å². The molecule has 0 radical (unpaired) electrons. The first kappa shape index (κ1) is 14.4. The number of hydrogen-bond acceptors (Lipinski definition) is 2. The standard InChI is InChI=1S/C17H28N2/c1-3-5-12-19(13-6-4-2)17-9-7-8-15-10-11-18-14-16(15)17/h7-9,18H,3-6,10-14H2,1-2H3. The molecule has 0 aromatic heterocycles. The van der Waals surface area contributed by atoms with Gasteiger partial charge in [0.25, 0.3) is 0 Å². The second kappa shape index (κ2) is 7.54. The lowest BCUT2D eigenvalue weighted by atomic mass is 9.98. The maximum atomic E-state index is 3.52. The van der Waals surface area contributed by atoms with Crippen LogP contribution in [0.5, 0.6) is 0 Å². The lowest BCUT2D eigenvalue weighted by Crippen LogP contribution is -2.30. The molecule has 1 aliphatic rings. The zero-order valence-corrected chi connectivity index (χ0v) is 12.5. The molecule has 0 spiro atoms. The van der Waals surface area contributed by atoms with E-state index in [0.717, 1.165) is 13.1 Å². The fourth-order valence-corrected chi connectivity index (χ4v) is 2.84. The Bertz CT molecular complexity index is 379. The molecule has 0 aliphatic carbocycles. The van der Waals surface area contributed by atoms with E-state index in [2.05, 4.69) is 42.3 Å². The summed E-state index contributed by atoms with van der Waals surface area (Å²) in [6.07, 6.45) is 6.31. The van der Waals surface area contributed by atoms with Crippen molar-refractivity contribution in [2.45, 2.75) is 52.5 Å². The molecule has 0 bridgehead atoms. The third kappa shape index (κ3) is 3.73. The minimum Gasteiger partial charge on any atom is -0.371 e. The molecule has 0 fully saturated rings. The largest absolute Gasteiger partial charge is 0.371 e. The molecule has 1 aliphatic heterocycles. The zero-order valence-electron chi connectivity index (χ0n) is 12.5. The zero-order chi connectivity index (χ0) is 13.5. The summed E-state index contributed by atoms with van der Waals surface area (Å²) in [5.74, 6) is 0. The molecule has 1 aromatic rings. The van der Waals surface area contributed by atoms with Gasteiger partial charge in [-0.3, -0.25) is 0 Å². The fourth-order valence-electron chi connectivity index (χ4n) is 2.84. The Morgan fingerprint density at radius 3 is 2.53 bits per heavy atom. The topological polar surface area (TPSA) is 15.3 Å². The van der Waals surface area contributed by atoms with E-state index in [4.69, 9.17) is 0 Å². The van der Waals surface area contributed by atoms with Gasteiger partial charge in [0.05, 0.1) is 0 Å². The number of hydrogen-bond donors (Lipinski definition) is 1. The van der Waals surface area contributed by atoms with Crippen LogP contribution in [0.25, 0.3) is 0 Å². The lowest BCUT2D eigenvalue weighted by molar-refractivity contribution is 0.630. The normalized spacial score (nSPS) is 14.2. The first-order chi connectivity index (χ1) is 9.36. The van der Waals surface area contributed by atoms with E-state index in [1.807, 2.05) is 0 Å². The van der Waals surface area contributed by atoms with Crippen molar-refractivity contribution in [1.29, 1.82) is 0 Å². The summed E-state index contributed by atoms with van der Waals surface area (Å²) in [5, 5.41) is 3.52. The molecule has 1 N–H and O–H groups in total. The van der Waals surface area contributed by atoms with Gasteiger partial charge in [-0.15, -0.1) is 0 Å².